The molecule has 81 heavy (non-hydrogen) atoms. The lowest BCUT2D eigenvalue weighted by molar-refractivity contribution is -0.163. The van der Waals surface area contributed by atoms with Crippen LogP contribution in [0.4, 0.5) is 25.0 Å². The van der Waals surface area contributed by atoms with Crippen molar-refractivity contribution in [2.24, 2.45) is 0 Å². The van der Waals surface area contributed by atoms with Crippen molar-refractivity contribution in [1.82, 2.24) is 31.2 Å². The highest BCUT2D eigenvalue weighted by atomic mass is 35.5. The number of nitrogens with one attached hydrogen (secondary N) is 4. The Labute approximate surface area is 480 Å². The minimum Gasteiger partial charge on any atom is -0.490 e. The molecule has 0 fully saturated rings. The zero-order valence-electron chi connectivity index (χ0n) is 47.7. The fourth-order valence-corrected chi connectivity index (χ4v) is 7.99. The lowest BCUT2D eigenvalue weighted by Crippen LogP contribution is -2.47. The monoisotopic (exact) mass is 1160 g/mol. The number of halogens is 1. The molecule has 0 radical (unpaired) electrons. The molecule has 0 aliphatic heterocycles. The minimum atomic E-state index is -1.39. The molecule has 4 rings (SSSR count). The number of nitriles is 2. The summed E-state index contributed by atoms with van der Waals surface area (Å²) in [4.78, 5) is 87.7. The number of benzene rings is 2. The molecule has 6 N–H and O–H groups in total. The molecule has 0 bridgehead atoms. The summed E-state index contributed by atoms with van der Waals surface area (Å²) in [5.74, 6) is -1.27. The molecule has 438 valence electrons. The Morgan fingerprint density at radius 1 is 0.654 bits per heavy atom. The third-order valence-corrected chi connectivity index (χ3v) is 11.6. The van der Waals surface area contributed by atoms with Crippen LogP contribution >= 0.6 is 23.4 Å². The van der Waals surface area contributed by atoms with Crippen molar-refractivity contribution in [3.05, 3.63) is 76.6 Å². The molecule has 3 atom stereocenters. The van der Waals surface area contributed by atoms with Gasteiger partial charge in [-0.25, -0.2) is 38.7 Å². The van der Waals surface area contributed by atoms with Gasteiger partial charge in [0.05, 0.1) is 11.3 Å². The maximum Gasteiger partial charge on any atom is 0.408 e. The molecular formula is C56H72ClN9O14S. The van der Waals surface area contributed by atoms with Gasteiger partial charge in [-0.15, -0.1) is 0 Å². The molecule has 0 unspecified atom stereocenters. The Hall–Kier alpha value is -7.96. The number of nitrogen functional groups attached to an aromatic ring is 1. The van der Waals surface area contributed by atoms with Crippen LogP contribution in [0.15, 0.2) is 64.2 Å². The van der Waals surface area contributed by atoms with Gasteiger partial charge >= 0.3 is 36.3 Å². The molecule has 0 spiro atoms. The van der Waals surface area contributed by atoms with Crippen molar-refractivity contribution in [3.63, 3.8) is 0 Å². The fraction of sp³-hybridized carbons (Fsp3) is 0.500. The van der Waals surface area contributed by atoms with Gasteiger partial charge in [0.1, 0.15) is 88.3 Å². The summed E-state index contributed by atoms with van der Waals surface area (Å²) < 4.78 is 44.8. The summed E-state index contributed by atoms with van der Waals surface area (Å²) in [6, 6.07) is 14.7. The summed E-state index contributed by atoms with van der Waals surface area (Å²) in [6.07, 6.45) is -2.95. The van der Waals surface area contributed by atoms with Crippen molar-refractivity contribution in [3.8, 4) is 40.5 Å². The SMILES string of the molecule is CC(C)(C)OC(=O)NCCC[C@H](NC(=O)OC(C)(C)C)C(=O)OC[C@H](COc1ccc(-c2c(C#N)c(N)nc(SCc3coc(-c4ccc(Cl)cc4)n3)c2C#N)cc1)OC(=O)[C@H](CCCNC(=O)OC(C)(C)C)NC(=O)OC(C)(C)C. The van der Waals surface area contributed by atoms with Gasteiger partial charge in [0.15, 0.2) is 6.10 Å². The van der Waals surface area contributed by atoms with Gasteiger partial charge in [-0.1, -0.05) is 35.5 Å². The highest BCUT2D eigenvalue weighted by Crippen LogP contribution is 2.37. The molecule has 0 saturated carbocycles. The number of hydrogen-bond donors (Lipinski definition) is 5. The first kappa shape index (κ1) is 65.6. The first-order valence-corrected chi connectivity index (χ1v) is 27.2. The van der Waals surface area contributed by atoms with Crippen LogP contribution in [0, 0.1) is 22.7 Å². The molecule has 4 amide bonds. The Balaban J connectivity index is 1.61. The smallest absolute Gasteiger partial charge is 0.408 e. The molecule has 4 aromatic rings. The lowest BCUT2D eigenvalue weighted by atomic mass is 9.97. The molecule has 25 heteroatoms. The van der Waals surface area contributed by atoms with Crippen molar-refractivity contribution < 1.29 is 66.3 Å². The van der Waals surface area contributed by atoms with Crippen molar-refractivity contribution >= 4 is 65.5 Å². The van der Waals surface area contributed by atoms with E-state index in [0.717, 1.165) is 0 Å². The van der Waals surface area contributed by atoms with E-state index in [1.165, 1.54) is 30.2 Å². The van der Waals surface area contributed by atoms with Crippen LogP contribution in [0.3, 0.4) is 0 Å². The van der Waals surface area contributed by atoms with Gasteiger partial charge in [0, 0.05) is 35.0 Å². The van der Waals surface area contributed by atoms with Crippen LogP contribution in [0.25, 0.3) is 22.6 Å². The number of pyridine rings is 1. The number of aromatic nitrogens is 2. The second-order valence-corrected chi connectivity index (χ2v) is 23.6. The number of anilines is 1. The standard InChI is InChI=1S/C56H72ClN9O14S/c1-53(2,3)77-49(69)61-25-13-15-41(64-51(71)79-55(7,8)9)47(67)75-31-38(76-48(68)42(65-52(72)80-56(10,11)12)16-14-26-62-50(70)78-54(4,5)6)30-73-37-23-19-33(20-24-37)43-39(27-58)44(60)66-46(40(43)28-59)81-32-36-29-74-45(63-36)34-17-21-35(57)22-18-34/h17-24,29,38,41-42H,13-16,25-26,30-32H2,1-12H3,(H2,60,66)(H,61,69)(H,62,70)(H,64,71)(H,65,72)/t38-,41-,42-/m0/s1. The summed E-state index contributed by atoms with van der Waals surface area (Å²) in [7, 11) is 0. The van der Waals surface area contributed by atoms with E-state index < -0.39 is 90.1 Å². The van der Waals surface area contributed by atoms with Gasteiger partial charge in [-0.2, -0.15) is 10.5 Å². The average Bonchev–Trinajstić information content (AvgIpc) is 3.94. The highest BCUT2D eigenvalue weighted by molar-refractivity contribution is 7.98. The molecule has 0 aliphatic carbocycles. The summed E-state index contributed by atoms with van der Waals surface area (Å²) in [5, 5.41) is 31.8. The Bertz CT molecular complexity index is 2900. The van der Waals surface area contributed by atoms with E-state index in [2.05, 4.69) is 43.4 Å². The fourth-order valence-electron chi connectivity index (χ4n) is 7.00. The number of hydrogen-bond acceptors (Lipinski definition) is 20. The number of esters is 2. The van der Waals surface area contributed by atoms with E-state index in [1.807, 2.05) is 0 Å². The average molecular weight is 1160 g/mol. The van der Waals surface area contributed by atoms with Crippen molar-refractivity contribution in [1.29, 1.82) is 10.5 Å². The molecule has 0 saturated heterocycles. The van der Waals surface area contributed by atoms with Crippen LogP contribution in [0.2, 0.25) is 5.02 Å². The Morgan fingerprint density at radius 3 is 1.63 bits per heavy atom. The molecule has 23 nitrogen and oxygen atoms in total. The van der Waals surface area contributed by atoms with Crippen molar-refractivity contribution in [2.45, 2.75) is 160 Å². The largest absolute Gasteiger partial charge is 0.490 e. The van der Waals surface area contributed by atoms with Crippen LogP contribution in [0.1, 0.15) is 126 Å². The van der Waals surface area contributed by atoms with Gasteiger partial charge in [-0.3, -0.25) is 0 Å². The van der Waals surface area contributed by atoms with E-state index in [4.69, 9.17) is 54.9 Å². The molecule has 2 aromatic heterocycles. The quantitative estimate of drug-likeness (QED) is 0.0199. The summed E-state index contributed by atoms with van der Waals surface area (Å²) in [6.45, 7) is 19.0. The van der Waals surface area contributed by atoms with Crippen LogP contribution in [-0.4, -0.2) is 113 Å². The summed E-state index contributed by atoms with van der Waals surface area (Å²) in [5.41, 5.74) is 4.80. The topological polar surface area (TPSA) is 328 Å². The highest BCUT2D eigenvalue weighted by Gasteiger charge is 2.32. The van der Waals surface area contributed by atoms with Gasteiger partial charge in [-0.05, 0) is 151 Å². The number of alkyl carbamates (subject to hydrolysis) is 4. The number of amides is 4. The molecule has 2 aromatic carbocycles. The van der Waals surface area contributed by atoms with Gasteiger partial charge < -0.3 is 64.6 Å². The number of oxazole rings is 1. The van der Waals surface area contributed by atoms with E-state index in [9.17, 15) is 39.3 Å². The zero-order valence-corrected chi connectivity index (χ0v) is 49.2. The predicted molar refractivity (Wildman–Crippen MR) is 300 cm³/mol. The number of nitrogens with zero attached hydrogens (tertiary/aromatic N) is 4. The van der Waals surface area contributed by atoms with E-state index in [1.54, 1.807) is 119 Å². The number of nitrogens with two attached hydrogens (primary N) is 1. The van der Waals surface area contributed by atoms with Gasteiger partial charge in [0.25, 0.3) is 0 Å². The lowest BCUT2D eigenvalue weighted by Gasteiger charge is -2.26. The maximum atomic E-state index is 14.1. The maximum absolute atomic E-state index is 14.1. The van der Waals surface area contributed by atoms with Crippen LogP contribution in [0.5, 0.6) is 5.75 Å². The second-order valence-electron chi connectivity index (χ2n) is 22.2. The molecule has 0 aliphatic rings. The number of rotatable bonds is 23. The van der Waals surface area contributed by atoms with E-state index in [-0.39, 0.29) is 77.8 Å². The first-order chi connectivity index (χ1) is 37.8. The number of carbonyl (C=O) groups is 6. The first-order valence-electron chi connectivity index (χ1n) is 25.8. The summed E-state index contributed by atoms with van der Waals surface area (Å²) >= 11 is 7.20. The Morgan fingerprint density at radius 2 is 1.14 bits per heavy atom. The Kier molecular flexibility index (Phi) is 23.9. The van der Waals surface area contributed by atoms with E-state index >= 15 is 0 Å². The van der Waals surface area contributed by atoms with Crippen LogP contribution in [-0.2, 0) is 43.8 Å². The zero-order chi connectivity index (χ0) is 60.3. The second kappa shape index (κ2) is 29.5. The predicted octanol–water partition coefficient (Wildman–Crippen LogP) is 9.91. The number of thioether (sulfide) groups is 1. The molecule has 2 heterocycles. The molecular weight excluding hydrogens is 1090 g/mol. The van der Waals surface area contributed by atoms with E-state index in [0.29, 0.717) is 27.7 Å². The van der Waals surface area contributed by atoms with Crippen molar-refractivity contribution in [2.75, 3.05) is 32.0 Å². The van der Waals surface area contributed by atoms with Gasteiger partial charge in [0.2, 0.25) is 5.89 Å². The number of carbonyl (C=O) groups excluding carboxylic acids is 6. The van der Waals surface area contributed by atoms with Crippen LogP contribution < -0.4 is 31.7 Å². The third-order valence-electron chi connectivity index (χ3n) is 10.3. The number of ether oxygens (including phenoxy) is 7. The minimum absolute atomic E-state index is 0.0428. The third kappa shape index (κ3) is 23.7. The normalized spacial score (nSPS) is 12.7.